The molecule has 0 saturated carbocycles. The lowest BCUT2D eigenvalue weighted by molar-refractivity contribution is 0.0605. The molecule has 0 radical (unpaired) electrons. The van der Waals surface area contributed by atoms with Gasteiger partial charge in [0.05, 0.1) is 5.69 Å². The molecule has 0 spiro atoms. The summed E-state index contributed by atoms with van der Waals surface area (Å²) in [5, 5.41) is 0. The fraction of sp³-hybridized carbons (Fsp3) is 0.500. The Morgan fingerprint density at radius 2 is 1.65 bits per heavy atom. The monoisotopic (exact) mass is 233 g/mol. The minimum Gasteiger partial charge on any atom is -0.269 e. The van der Waals surface area contributed by atoms with Crippen LogP contribution in [0.4, 0.5) is 0 Å². The first kappa shape index (κ1) is 11.7. The predicted octanol–water partition coefficient (Wildman–Crippen LogP) is 1.60. The van der Waals surface area contributed by atoms with Crippen molar-refractivity contribution in [3.8, 4) is 0 Å². The summed E-state index contributed by atoms with van der Waals surface area (Å²) in [7, 11) is 0. The molecule has 5 heteroatoms. The van der Waals surface area contributed by atoms with Gasteiger partial charge < -0.3 is 0 Å². The standard InChI is InChI=1S/C12H15N3O2/c1-6(2)8-5-13-9-10(14-8)12(17)15(7(3)4)11(9)16/h5-7H,1-4H3. The number of nitrogens with zero attached hydrogens (tertiary/aromatic N) is 3. The molecule has 17 heavy (non-hydrogen) atoms. The summed E-state index contributed by atoms with van der Waals surface area (Å²) in [5.74, 6) is -0.499. The van der Waals surface area contributed by atoms with Gasteiger partial charge in [-0.15, -0.1) is 0 Å². The molecule has 2 rings (SSSR count). The Balaban J connectivity index is 2.51. The fourth-order valence-electron chi connectivity index (χ4n) is 1.78. The number of carbonyl (C=O) groups is 2. The second kappa shape index (κ2) is 3.91. The molecule has 0 atom stereocenters. The SMILES string of the molecule is CC(C)c1cnc2c(n1)C(=O)N(C(C)C)C2=O. The van der Waals surface area contributed by atoms with E-state index in [-0.39, 0.29) is 35.2 Å². The Morgan fingerprint density at radius 3 is 2.18 bits per heavy atom. The number of rotatable bonds is 2. The quantitative estimate of drug-likeness (QED) is 0.728. The van der Waals surface area contributed by atoms with E-state index in [1.54, 1.807) is 20.0 Å². The van der Waals surface area contributed by atoms with Crippen LogP contribution in [0, 0.1) is 0 Å². The zero-order valence-electron chi connectivity index (χ0n) is 10.4. The molecule has 0 unspecified atom stereocenters. The first-order valence-corrected chi connectivity index (χ1v) is 5.68. The van der Waals surface area contributed by atoms with Gasteiger partial charge in [-0.1, -0.05) is 13.8 Å². The third-order valence-corrected chi connectivity index (χ3v) is 2.74. The first-order chi connectivity index (χ1) is 7.93. The molecule has 0 fully saturated rings. The molecule has 2 amide bonds. The third-order valence-electron chi connectivity index (χ3n) is 2.74. The lowest BCUT2D eigenvalue weighted by Crippen LogP contribution is -2.36. The molecule has 0 aromatic carbocycles. The smallest absolute Gasteiger partial charge is 0.269 e. The largest absolute Gasteiger partial charge is 0.282 e. The molecular weight excluding hydrogens is 218 g/mol. The predicted molar refractivity (Wildman–Crippen MR) is 61.8 cm³/mol. The minimum absolute atomic E-state index is 0.173. The van der Waals surface area contributed by atoms with Crippen LogP contribution in [-0.4, -0.2) is 32.7 Å². The highest BCUT2D eigenvalue weighted by Crippen LogP contribution is 2.23. The second-order valence-corrected chi connectivity index (χ2v) is 4.72. The highest BCUT2D eigenvalue weighted by Gasteiger charge is 2.40. The molecule has 1 aromatic rings. The maximum atomic E-state index is 12.0. The maximum Gasteiger partial charge on any atom is 0.282 e. The van der Waals surface area contributed by atoms with Crippen molar-refractivity contribution >= 4 is 11.8 Å². The molecule has 1 aromatic heterocycles. The van der Waals surface area contributed by atoms with E-state index in [2.05, 4.69) is 9.97 Å². The van der Waals surface area contributed by atoms with E-state index in [0.717, 1.165) is 5.69 Å². The Kier molecular flexibility index (Phi) is 2.69. The number of aromatic nitrogens is 2. The van der Waals surface area contributed by atoms with Gasteiger partial charge in [0.25, 0.3) is 11.8 Å². The zero-order valence-corrected chi connectivity index (χ0v) is 10.4. The second-order valence-electron chi connectivity index (χ2n) is 4.72. The molecule has 0 N–H and O–H groups in total. The normalized spacial score (nSPS) is 15.1. The number of hydrogen-bond donors (Lipinski definition) is 0. The minimum atomic E-state index is -0.345. The van der Waals surface area contributed by atoms with Crippen LogP contribution in [0.2, 0.25) is 0 Å². The van der Waals surface area contributed by atoms with Crippen LogP contribution in [0.15, 0.2) is 6.20 Å². The Morgan fingerprint density at radius 1 is 1.06 bits per heavy atom. The van der Waals surface area contributed by atoms with Crippen LogP contribution in [-0.2, 0) is 0 Å². The maximum absolute atomic E-state index is 12.0. The van der Waals surface area contributed by atoms with Crippen molar-refractivity contribution in [2.75, 3.05) is 0 Å². The summed E-state index contributed by atoms with van der Waals surface area (Å²) in [5.41, 5.74) is 1.10. The number of carbonyl (C=O) groups excluding carboxylic acids is 2. The van der Waals surface area contributed by atoms with Gasteiger partial charge in [0, 0.05) is 12.2 Å². The molecule has 0 saturated heterocycles. The van der Waals surface area contributed by atoms with E-state index >= 15 is 0 Å². The van der Waals surface area contributed by atoms with Crippen LogP contribution >= 0.6 is 0 Å². The summed E-state index contributed by atoms with van der Waals surface area (Å²) < 4.78 is 0. The summed E-state index contributed by atoms with van der Waals surface area (Å²) in [6.07, 6.45) is 1.57. The summed E-state index contributed by atoms with van der Waals surface area (Å²) in [6, 6.07) is -0.173. The van der Waals surface area contributed by atoms with Crippen molar-refractivity contribution in [1.29, 1.82) is 0 Å². The lowest BCUT2D eigenvalue weighted by atomic mass is 10.1. The van der Waals surface area contributed by atoms with Gasteiger partial charge in [0.2, 0.25) is 0 Å². The Hall–Kier alpha value is -1.78. The van der Waals surface area contributed by atoms with Gasteiger partial charge in [-0.2, -0.15) is 0 Å². The van der Waals surface area contributed by atoms with Crippen LogP contribution in [0.3, 0.4) is 0 Å². The van der Waals surface area contributed by atoms with Gasteiger partial charge >= 0.3 is 0 Å². The molecule has 1 aliphatic heterocycles. The van der Waals surface area contributed by atoms with Crippen molar-refractivity contribution in [2.45, 2.75) is 39.7 Å². The van der Waals surface area contributed by atoms with Crippen molar-refractivity contribution < 1.29 is 9.59 Å². The van der Waals surface area contributed by atoms with Gasteiger partial charge in [-0.05, 0) is 19.8 Å². The van der Waals surface area contributed by atoms with E-state index < -0.39 is 0 Å². The summed E-state index contributed by atoms with van der Waals surface area (Å²) in [4.78, 5) is 33.5. The number of amides is 2. The van der Waals surface area contributed by atoms with Crippen LogP contribution in [0.1, 0.15) is 60.3 Å². The van der Waals surface area contributed by atoms with Gasteiger partial charge in [0.1, 0.15) is 0 Å². The molecule has 5 nitrogen and oxygen atoms in total. The van der Waals surface area contributed by atoms with E-state index in [1.165, 1.54) is 4.90 Å². The van der Waals surface area contributed by atoms with Crippen molar-refractivity contribution in [1.82, 2.24) is 14.9 Å². The number of imide groups is 1. The Labute approximate surface area is 99.9 Å². The van der Waals surface area contributed by atoms with Gasteiger partial charge in [-0.3, -0.25) is 14.5 Å². The molecule has 90 valence electrons. The molecular formula is C12H15N3O2. The van der Waals surface area contributed by atoms with E-state index in [1.807, 2.05) is 13.8 Å². The third kappa shape index (κ3) is 1.71. The Bertz CT molecular complexity index is 495. The van der Waals surface area contributed by atoms with Crippen LogP contribution in [0.5, 0.6) is 0 Å². The van der Waals surface area contributed by atoms with E-state index in [0.29, 0.717) is 0 Å². The summed E-state index contributed by atoms with van der Waals surface area (Å²) >= 11 is 0. The highest BCUT2D eigenvalue weighted by atomic mass is 16.2. The van der Waals surface area contributed by atoms with E-state index in [9.17, 15) is 9.59 Å². The molecule has 1 aliphatic rings. The molecule has 0 aliphatic carbocycles. The zero-order chi connectivity index (χ0) is 12.7. The first-order valence-electron chi connectivity index (χ1n) is 5.68. The van der Waals surface area contributed by atoms with Crippen molar-refractivity contribution in [2.24, 2.45) is 0 Å². The number of fused-ring (bicyclic) bond motifs is 1. The van der Waals surface area contributed by atoms with Crippen LogP contribution < -0.4 is 0 Å². The highest BCUT2D eigenvalue weighted by molar-refractivity contribution is 6.19. The van der Waals surface area contributed by atoms with E-state index in [4.69, 9.17) is 0 Å². The molecule has 2 heterocycles. The molecule has 0 bridgehead atoms. The average Bonchev–Trinajstić information content (AvgIpc) is 2.51. The number of hydrogen-bond acceptors (Lipinski definition) is 4. The fourth-order valence-corrected chi connectivity index (χ4v) is 1.78. The average molecular weight is 233 g/mol. The van der Waals surface area contributed by atoms with Crippen molar-refractivity contribution in [3.05, 3.63) is 23.3 Å². The van der Waals surface area contributed by atoms with Gasteiger partial charge in [0.15, 0.2) is 11.4 Å². The topological polar surface area (TPSA) is 63.2 Å². The van der Waals surface area contributed by atoms with Crippen molar-refractivity contribution in [3.63, 3.8) is 0 Å². The summed E-state index contributed by atoms with van der Waals surface area (Å²) in [6.45, 7) is 7.53. The van der Waals surface area contributed by atoms with Crippen LogP contribution in [0.25, 0.3) is 0 Å². The lowest BCUT2D eigenvalue weighted by Gasteiger charge is -2.16. The van der Waals surface area contributed by atoms with Gasteiger partial charge in [-0.25, -0.2) is 9.97 Å².